The third-order valence-electron chi connectivity index (χ3n) is 2.09. The number of nitro groups is 1. The van der Waals surface area contributed by atoms with Crippen molar-refractivity contribution in [1.29, 1.82) is 0 Å². The maximum absolute atomic E-state index is 10.8. The van der Waals surface area contributed by atoms with Gasteiger partial charge in [-0.1, -0.05) is 12.1 Å². The average molecular weight is 194 g/mol. The molecule has 1 aromatic carbocycles. The minimum absolute atomic E-state index is 0.0949. The molecule has 0 amide bonds. The predicted molar refractivity (Wildman–Crippen MR) is 55.0 cm³/mol. The van der Waals surface area contributed by atoms with E-state index in [0.29, 0.717) is 5.56 Å². The van der Waals surface area contributed by atoms with Crippen LogP contribution in [0.1, 0.15) is 25.0 Å². The van der Waals surface area contributed by atoms with Gasteiger partial charge >= 0.3 is 0 Å². The lowest BCUT2D eigenvalue weighted by atomic mass is 9.90. The van der Waals surface area contributed by atoms with Gasteiger partial charge in [0.25, 0.3) is 5.69 Å². The van der Waals surface area contributed by atoms with Crippen LogP contribution in [0.2, 0.25) is 0 Å². The molecule has 0 saturated heterocycles. The maximum atomic E-state index is 10.8. The van der Waals surface area contributed by atoms with Gasteiger partial charge in [0.15, 0.2) is 0 Å². The molecule has 0 heterocycles. The summed E-state index contributed by atoms with van der Waals surface area (Å²) in [5, 5.41) is 10.8. The van der Waals surface area contributed by atoms with Crippen LogP contribution in [-0.2, 0) is 5.54 Å². The van der Waals surface area contributed by atoms with Crippen LogP contribution in [0.15, 0.2) is 18.2 Å². The van der Waals surface area contributed by atoms with Crippen LogP contribution in [0.5, 0.6) is 0 Å². The molecule has 0 saturated carbocycles. The maximum Gasteiger partial charge on any atom is 0.274 e. The number of nitrogens with zero attached hydrogens (tertiary/aromatic N) is 1. The van der Waals surface area contributed by atoms with E-state index in [1.165, 1.54) is 6.07 Å². The normalized spacial score (nSPS) is 11.4. The number of hydrogen-bond donors (Lipinski definition) is 1. The molecule has 4 nitrogen and oxygen atoms in total. The number of rotatable bonds is 2. The summed E-state index contributed by atoms with van der Waals surface area (Å²) in [7, 11) is 0. The molecule has 1 aromatic rings. The van der Waals surface area contributed by atoms with E-state index in [-0.39, 0.29) is 5.69 Å². The topological polar surface area (TPSA) is 69.2 Å². The summed E-state index contributed by atoms with van der Waals surface area (Å²) in [4.78, 5) is 10.4. The Morgan fingerprint density at radius 3 is 2.36 bits per heavy atom. The zero-order chi connectivity index (χ0) is 10.9. The molecule has 0 bridgehead atoms. The minimum atomic E-state index is -0.687. The van der Waals surface area contributed by atoms with Gasteiger partial charge in [0.05, 0.1) is 10.5 Å². The van der Waals surface area contributed by atoms with E-state index in [9.17, 15) is 10.1 Å². The monoisotopic (exact) mass is 194 g/mol. The van der Waals surface area contributed by atoms with E-state index in [4.69, 9.17) is 5.73 Å². The second-order valence-corrected chi connectivity index (χ2v) is 3.95. The molecule has 1 rings (SSSR count). The summed E-state index contributed by atoms with van der Waals surface area (Å²) < 4.78 is 0. The van der Waals surface area contributed by atoms with E-state index in [2.05, 4.69) is 0 Å². The Labute approximate surface area is 82.9 Å². The summed E-state index contributed by atoms with van der Waals surface area (Å²) in [6.45, 7) is 5.36. The van der Waals surface area contributed by atoms with E-state index in [0.717, 1.165) is 5.56 Å². The second kappa shape index (κ2) is 3.38. The fourth-order valence-corrected chi connectivity index (χ4v) is 1.64. The van der Waals surface area contributed by atoms with Gasteiger partial charge in [-0.2, -0.15) is 0 Å². The van der Waals surface area contributed by atoms with Crippen LogP contribution in [-0.4, -0.2) is 4.92 Å². The molecular weight excluding hydrogens is 180 g/mol. The Bertz CT molecular complexity index is 367. The Kier molecular flexibility index (Phi) is 2.57. The number of hydrogen-bond acceptors (Lipinski definition) is 3. The van der Waals surface area contributed by atoms with Crippen molar-refractivity contribution >= 4 is 5.69 Å². The average Bonchev–Trinajstić information content (AvgIpc) is 2.01. The molecule has 0 atom stereocenters. The molecule has 0 aliphatic carbocycles. The lowest BCUT2D eigenvalue weighted by molar-refractivity contribution is -0.386. The van der Waals surface area contributed by atoms with Crippen LogP contribution in [0.3, 0.4) is 0 Å². The van der Waals surface area contributed by atoms with Gasteiger partial charge in [0, 0.05) is 11.6 Å². The highest BCUT2D eigenvalue weighted by Crippen LogP contribution is 2.30. The first-order chi connectivity index (χ1) is 6.34. The molecule has 2 N–H and O–H groups in total. The lowest BCUT2D eigenvalue weighted by Crippen LogP contribution is -2.30. The molecule has 0 aromatic heterocycles. The summed E-state index contributed by atoms with van der Waals surface area (Å²) in [6.07, 6.45) is 0. The van der Waals surface area contributed by atoms with E-state index >= 15 is 0 Å². The van der Waals surface area contributed by atoms with Crippen molar-refractivity contribution in [2.45, 2.75) is 26.3 Å². The molecule has 0 aliphatic rings. The van der Waals surface area contributed by atoms with Crippen LogP contribution < -0.4 is 5.73 Å². The van der Waals surface area contributed by atoms with Crippen LogP contribution >= 0.6 is 0 Å². The molecule has 76 valence electrons. The van der Waals surface area contributed by atoms with Gasteiger partial charge in [0.2, 0.25) is 0 Å². The van der Waals surface area contributed by atoms with Gasteiger partial charge in [-0.25, -0.2) is 0 Å². The fourth-order valence-electron chi connectivity index (χ4n) is 1.64. The quantitative estimate of drug-likeness (QED) is 0.579. The molecule has 0 radical (unpaired) electrons. The summed E-state index contributed by atoms with van der Waals surface area (Å²) >= 11 is 0. The third kappa shape index (κ3) is 1.90. The van der Waals surface area contributed by atoms with Gasteiger partial charge in [-0.15, -0.1) is 0 Å². The highest BCUT2D eigenvalue weighted by atomic mass is 16.6. The molecular formula is C10H14N2O2. The van der Waals surface area contributed by atoms with Gasteiger partial charge in [0.1, 0.15) is 0 Å². The summed E-state index contributed by atoms with van der Waals surface area (Å²) in [6, 6.07) is 4.98. The Balaban J connectivity index is 3.45. The van der Waals surface area contributed by atoms with Gasteiger partial charge < -0.3 is 5.73 Å². The Hall–Kier alpha value is -1.42. The van der Waals surface area contributed by atoms with Crippen molar-refractivity contribution in [3.05, 3.63) is 39.4 Å². The standard InChI is InChI=1S/C10H14N2O2/c1-7-5-4-6-8(12(13)14)9(7)10(2,3)11/h4-6H,11H2,1-3H3. The zero-order valence-corrected chi connectivity index (χ0v) is 8.57. The smallest absolute Gasteiger partial charge is 0.274 e. The zero-order valence-electron chi connectivity index (χ0n) is 8.57. The second-order valence-electron chi connectivity index (χ2n) is 3.95. The van der Waals surface area contributed by atoms with Crippen molar-refractivity contribution in [2.75, 3.05) is 0 Å². The first-order valence-electron chi connectivity index (χ1n) is 4.37. The van der Waals surface area contributed by atoms with E-state index in [1.807, 2.05) is 13.0 Å². The van der Waals surface area contributed by atoms with Crippen molar-refractivity contribution in [3.63, 3.8) is 0 Å². The Morgan fingerprint density at radius 2 is 2.00 bits per heavy atom. The third-order valence-corrected chi connectivity index (χ3v) is 2.09. The summed E-state index contributed by atoms with van der Waals surface area (Å²) in [5.74, 6) is 0. The SMILES string of the molecule is Cc1cccc([N+](=O)[O-])c1C(C)(C)N. The van der Waals surface area contributed by atoms with E-state index < -0.39 is 10.5 Å². The van der Waals surface area contributed by atoms with Crippen LogP contribution in [0.4, 0.5) is 5.69 Å². The Morgan fingerprint density at radius 1 is 1.43 bits per heavy atom. The largest absolute Gasteiger partial charge is 0.322 e. The van der Waals surface area contributed by atoms with Crippen molar-refractivity contribution < 1.29 is 4.92 Å². The lowest BCUT2D eigenvalue weighted by Gasteiger charge is -2.21. The first kappa shape index (κ1) is 10.7. The highest BCUT2D eigenvalue weighted by molar-refractivity contribution is 5.48. The predicted octanol–water partition coefficient (Wildman–Crippen LogP) is 2.10. The molecule has 0 spiro atoms. The molecule has 0 fully saturated rings. The summed E-state index contributed by atoms with van der Waals surface area (Å²) in [5.41, 5.74) is 6.76. The van der Waals surface area contributed by atoms with Gasteiger partial charge in [-0.3, -0.25) is 10.1 Å². The number of nitro benzene ring substituents is 1. The molecule has 14 heavy (non-hydrogen) atoms. The van der Waals surface area contributed by atoms with E-state index in [1.54, 1.807) is 19.9 Å². The first-order valence-corrected chi connectivity index (χ1v) is 4.37. The number of benzene rings is 1. The fraction of sp³-hybridized carbons (Fsp3) is 0.400. The van der Waals surface area contributed by atoms with Crippen LogP contribution in [0, 0.1) is 17.0 Å². The van der Waals surface area contributed by atoms with Crippen molar-refractivity contribution in [2.24, 2.45) is 5.73 Å². The minimum Gasteiger partial charge on any atom is -0.322 e. The molecule has 0 aliphatic heterocycles. The molecule has 4 heteroatoms. The molecule has 0 unspecified atom stereocenters. The van der Waals surface area contributed by atoms with Gasteiger partial charge in [-0.05, 0) is 26.3 Å². The van der Waals surface area contributed by atoms with Crippen molar-refractivity contribution in [3.8, 4) is 0 Å². The highest BCUT2D eigenvalue weighted by Gasteiger charge is 2.26. The number of nitrogens with two attached hydrogens (primary N) is 1. The van der Waals surface area contributed by atoms with Crippen LogP contribution in [0.25, 0.3) is 0 Å². The number of aryl methyl sites for hydroxylation is 1. The van der Waals surface area contributed by atoms with Crippen molar-refractivity contribution in [1.82, 2.24) is 0 Å².